The summed E-state index contributed by atoms with van der Waals surface area (Å²) < 4.78 is 39.6. The SMILES string of the molecule is C[C@@H](C(=O)NC1CCCC1)N(Cc1ccc(F)cc1)C(=O)CN(c1cc(Cl)c(Cl)cc1Cl)S(C)(=O)=O. The van der Waals surface area contributed by atoms with Crippen LogP contribution >= 0.6 is 34.8 Å². The van der Waals surface area contributed by atoms with Gasteiger partial charge in [0, 0.05) is 12.6 Å². The maximum absolute atomic E-state index is 13.6. The molecule has 0 aromatic heterocycles. The minimum Gasteiger partial charge on any atom is -0.352 e. The van der Waals surface area contributed by atoms with E-state index >= 15 is 0 Å². The number of halogens is 4. The maximum atomic E-state index is 13.6. The third-order valence-electron chi connectivity index (χ3n) is 6.07. The quantitative estimate of drug-likeness (QED) is 0.423. The van der Waals surface area contributed by atoms with E-state index in [1.807, 2.05) is 0 Å². The van der Waals surface area contributed by atoms with Crippen LogP contribution in [-0.2, 0) is 26.2 Å². The van der Waals surface area contributed by atoms with Gasteiger partial charge >= 0.3 is 0 Å². The molecule has 1 aliphatic rings. The molecule has 2 aromatic carbocycles. The van der Waals surface area contributed by atoms with E-state index in [0.29, 0.717) is 5.56 Å². The number of nitrogens with one attached hydrogen (secondary N) is 1. The summed E-state index contributed by atoms with van der Waals surface area (Å²) in [5.41, 5.74) is 0.551. The molecule has 0 radical (unpaired) electrons. The normalized spacial score (nSPS) is 14.9. The van der Waals surface area contributed by atoms with Crippen LogP contribution in [0.15, 0.2) is 36.4 Å². The predicted molar refractivity (Wildman–Crippen MR) is 140 cm³/mol. The monoisotopic (exact) mass is 577 g/mol. The molecule has 1 N–H and O–H groups in total. The minimum absolute atomic E-state index is 0.0141. The van der Waals surface area contributed by atoms with E-state index in [1.54, 1.807) is 6.92 Å². The first-order chi connectivity index (χ1) is 16.9. The Labute approximate surface area is 225 Å². The first-order valence-electron chi connectivity index (χ1n) is 11.3. The lowest BCUT2D eigenvalue weighted by Gasteiger charge is -2.32. The molecule has 1 atom stereocenters. The number of nitrogens with zero attached hydrogens (tertiary/aromatic N) is 2. The van der Waals surface area contributed by atoms with E-state index < -0.39 is 34.3 Å². The zero-order valence-electron chi connectivity index (χ0n) is 19.8. The number of hydrogen-bond donors (Lipinski definition) is 1. The molecule has 1 aliphatic carbocycles. The van der Waals surface area contributed by atoms with Gasteiger partial charge in [-0.25, -0.2) is 12.8 Å². The fraction of sp³-hybridized carbons (Fsp3) is 0.417. The molecule has 0 saturated heterocycles. The van der Waals surface area contributed by atoms with Crippen molar-refractivity contribution in [2.75, 3.05) is 17.1 Å². The third kappa shape index (κ3) is 7.25. The Morgan fingerprint density at radius 2 is 1.64 bits per heavy atom. The third-order valence-corrected chi connectivity index (χ3v) is 8.22. The number of rotatable bonds is 9. The molecule has 0 aliphatic heterocycles. The van der Waals surface area contributed by atoms with E-state index in [-0.39, 0.29) is 39.2 Å². The number of anilines is 1. The van der Waals surface area contributed by atoms with Crippen LogP contribution in [0.5, 0.6) is 0 Å². The number of benzene rings is 2. The Morgan fingerprint density at radius 1 is 1.06 bits per heavy atom. The zero-order chi connectivity index (χ0) is 26.6. The van der Waals surface area contributed by atoms with Crippen LogP contribution in [0, 0.1) is 5.82 Å². The largest absolute Gasteiger partial charge is 0.352 e. The van der Waals surface area contributed by atoms with Crippen molar-refractivity contribution in [3.05, 3.63) is 62.8 Å². The predicted octanol–water partition coefficient (Wildman–Crippen LogP) is 5.03. The van der Waals surface area contributed by atoms with Gasteiger partial charge in [0.1, 0.15) is 18.4 Å². The van der Waals surface area contributed by atoms with Crippen molar-refractivity contribution >= 4 is 62.3 Å². The molecule has 0 unspecified atom stereocenters. The van der Waals surface area contributed by atoms with Gasteiger partial charge in [-0.3, -0.25) is 13.9 Å². The molecule has 1 saturated carbocycles. The highest BCUT2D eigenvalue weighted by Crippen LogP contribution is 2.35. The summed E-state index contributed by atoms with van der Waals surface area (Å²) in [4.78, 5) is 27.8. The van der Waals surface area contributed by atoms with E-state index in [1.165, 1.54) is 41.3 Å². The fourth-order valence-corrected chi connectivity index (χ4v) is 5.61. The second-order valence-corrected chi connectivity index (χ2v) is 11.9. The van der Waals surface area contributed by atoms with E-state index in [9.17, 15) is 22.4 Å². The lowest BCUT2D eigenvalue weighted by atomic mass is 10.1. The average Bonchev–Trinajstić information content (AvgIpc) is 3.31. The minimum atomic E-state index is -3.99. The van der Waals surface area contributed by atoms with Crippen LogP contribution in [0.2, 0.25) is 15.1 Å². The van der Waals surface area contributed by atoms with E-state index in [4.69, 9.17) is 34.8 Å². The summed E-state index contributed by atoms with van der Waals surface area (Å²) in [7, 11) is -3.99. The molecule has 12 heteroatoms. The van der Waals surface area contributed by atoms with Crippen molar-refractivity contribution in [3.63, 3.8) is 0 Å². The molecule has 0 bridgehead atoms. The molecule has 2 amide bonds. The zero-order valence-corrected chi connectivity index (χ0v) is 22.9. The van der Waals surface area contributed by atoms with Gasteiger partial charge in [0.15, 0.2) is 0 Å². The molecule has 2 aromatic rings. The van der Waals surface area contributed by atoms with Gasteiger partial charge in [0.25, 0.3) is 0 Å². The summed E-state index contributed by atoms with van der Waals surface area (Å²) in [6.07, 6.45) is 4.69. The molecule has 36 heavy (non-hydrogen) atoms. The molecule has 0 heterocycles. The Kier molecular flexibility index (Phi) is 9.49. The standard InChI is InChI=1S/C24H27Cl3FN3O4S/c1-15(24(33)29-18-5-3-4-6-18)30(13-16-7-9-17(28)10-8-16)23(32)14-31(36(2,34)35)22-12-20(26)19(25)11-21(22)27/h7-12,15,18H,3-6,13-14H2,1-2H3,(H,29,33)/t15-/m0/s1. The summed E-state index contributed by atoms with van der Waals surface area (Å²) >= 11 is 18.3. The number of carbonyl (C=O) groups excluding carboxylic acids is 2. The smallest absolute Gasteiger partial charge is 0.244 e. The maximum Gasteiger partial charge on any atom is 0.244 e. The van der Waals surface area contributed by atoms with Crippen LogP contribution < -0.4 is 9.62 Å². The van der Waals surface area contributed by atoms with Crippen molar-refractivity contribution < 1.29 is 22.4 Å². The summed E-state index contributed by atoms with van der Waals surface area (Å²) in [6, 6.07) is 7.17. The number of carbonyl (C=O) groups is 2. The first kappa shape index (κ1) is 28.5. The van der Waals surface area contributed by atoms with Crippen LogP contribution in [-0.4, -0.2) is 50.0 Å². The highest BCUT2D eigenvalue weighted by Gasteiger charge is 2.32. The highest BCUT2D eigenvalue weighted by molar-refractivity contribution is 7.92. The average molecular weight is 579 g/mol. The van der Waals surface area contributed by atoms with Crippen molar-refractivity contribution in [1.82, 2.24) is 10.2 Å². The summed E-state index contributed by atoms with van der Waals surface area (Å²) in [5, 5.41) is 3.14. The number of sulfonamides is 1. The Bertz CT molecular complexity index is 1220. The summed E-state index contributed by atoms with van der Waals surface area (Å²) in [5.74, 6) is -1.45. The van der Waals surface area contributed by atoms with Crippen molar-refractivity contribution in [1.29, 1.82) is 0 Å². The lowest BCUT2D eigenvalue weighted by molar-refractivity contribution is -0.139. The van der Waals surface area contributed by atoms with Crippen LogP contribution in [0.4, 0.5) is 10.1 Å². The van der Waals surface area contributed by atoms with Gasteiger partial charge in [-0.2, -0.15) is 0 Å². The second-order valence-electron chi connectivity index (χ2n) is 8.80. The van der Waals surface area contributed by atoms with Gasteiger partial charge in [0.2, 0.25) is 21.8 Å². The lowest BCUT2D eigenvalue weighted by Crippen LogP contribution is -2.52. The topological polar surface area (TPSA) is 86.8 Å². The van der Waals surface area contributed by atoms with Gasteiger partial charge in [0.05, 0.1) is 27.0 Å². The molecular formula is C24H27Cl3FN3O4S. The van der Waals surface area contributed by atoms with Gasteiger partial charge < -0.3 is 10.2 Å². The summed E-state index contributed by atoms with van der Waals surface area (Å²) in [6.45, 7) is 0.895. The van der Waals surface area contributed by atoms with Crippen molar-refractivity contribution in [3.8, 4) is 0 Å². The molecular weight excluding hydrogens is 552 g/mol. The molecule has 196 valence electrons. The van der Waals surface area contributed by atoms with Crippen molar-refractivity contribution in [2.24, 2.45) is 0 Å². The Hall–Kier alpha value is -2.07. The first-order valence-corrected chi connectivity index (χ1v) is 14.3. The molecule has 0 spiro atoms. The van der Waals surface area contributed by atoms with Crippen LogP contribution in [0.25, 0.3) is 0 Å². The molecule has 1 fully saturated rings. The molecule has 3 rings (SSSR count). The van der Waals surface area contributed by atoms with Crippen LogP contribution in [0.3, 0.4) is 0 Å². The fourth-order valence-electron chi connectivity index (χ4n) is 4.06. The van der Waals surface area contributed by atoms with Gasteiger partial charge in [-0.15, -0.1) is 0 Å². The Morgan fingerprint density at radius 3 is 2.22 bits per heavy atom. The van der Waals surface area contributed by atoms with Crippen LogP contribution in [0.1, 0.15) is 38.2 Å². The second kappa shape index (κ2) is 12.0. The Balaban J connectivity index is 1.92. The molecule has 7 nitrogen and oxygen atoms in total. The van der Waals surface area contributed by atoms with Crippen molar-refractivity contribution in [2.45, 2.75) is 51.2 Å². The van der Waals surface area contributed by atoms with E-state index in [0.717, 1.165) is 36.2 Å². The number of hydrogen-bond acceptors (Lipinski definition) is 4. The number of amides is 2. The highest BCUT2D eigenvalue weighted by atomic mass is 35.5. The van der Waals surface area contributed by atoms with Gasteiger partial charge in [-0.05, 0) is 49.6 Å². The van der Waals surface area contributed by atoms with Gasteiger partial charge in [-0.1, -0.05) is 59.8 Å². The van der Waals surface area contributed by atoms with E-state index in [2.05, 4.69) is 5.32 Å².